The van der Waals surface area contributed by atoms with Gasteiger partial charge in [0.05, 0.1) is 0 Å². The van der Waals surface area contributed by atoms with Crippen LogP contribution in [0.5, 0.6) is 0 Å². The Kier molecular flexibility index (Phi) is 7.81. The van der Waals surface area contributed by atoms with Gasteiger partial charge in [-0.25, -0.2) is 0 Å². The molecule has 0 spiro atoms. The van der Waals surface area contributed by atoms with Crippen LogP contribution in [-0.4, -0.2) is 14.5 Å². The number of hydrogen-bond acceptors (Lipinski definition) is 0. The van der Waals surface area contributed by atoms with Gasteiger partial charge in [0.2, 0.25) is 0 Å². The van der Waals surface area contributed by atoms with Crippen LogP contribution in [0.1, 0.15) is 26.7 Å². The molecule has 0 saturated carbocycles. The highest BCUT2D eigenvalue weighted by molar-refractivity contribution is 9.12. The van der Waals surface area contributed by atoms with Crippen molar-refractivity contribution in [3.05, 3.63) is 6.42 Å². The van der Waals surface area contributed by atoms with Crippen molar-refractivity contribution in [1.82, 2.24) is 0 Å². The maximum atomic E-state index is 3.63. The molecule has 0 nitrogen and oxygen atoms in total. The highest BCUT2D eigenvalue weighted by Gasteiger charge is 2.13. The third-order valence-electron chi connectivity index (χ3n) is 1.47. The average Bonchev–Trinajstić information content (AvgIpc) is 1.98. The van der Waals surface area contributed by atoms with Gasteiger partial charge in [-0.1, -0.05) is 61.6 Å². The normalized spacial score (nSPS) is 19.4. The molecule has 0 bridgehead atoms. The minimum absolute atomic E-state index is 0.513. The summed E-state index contributed by atoms with van der Waals surface area (Å²) in [5.41, 5.74) is 0. The standard InChI is InChI=1S/C8H14Br3/c1-3-7(10)8(11)5-4-6(2)9/h4,6-8H,3,5H2,1-2H3. The van der Waals surface area contributed by atoms with Crippen molar-refractivity contribution in [2.45, 2.75) is 41.2 Å². The Balaban J connectivity index is 3.43. The lowest BCUT2D eigenvalue weighted by atomic mass is 10.1. The topological polar surface area (TPSA) is 0 Å². The van der Waals surface area contributed by atoms with Crippen LogP contribution in [0.25, 0.3) is 0 Å². The van der Waals surface area contributed by atoms with E-state index in [1.165, 1.54) is 6.42 Å². The number of alkyl halides is 3. The highest BCUT2D eigenvalue weighted by Crippen LogP contribution is 2.23. The molecule has 0 aliphatic rings. The Morgan fingerprint density at radius 3 is 2.09 bits per heavy atom. The van der Waals surface area contributed by atoms with Crippen molar-refractivity contribution in [3.8, 4) is 0 Å². The van der Waals surface area contributed by atoms with E-state index >= 15 is 0 Å². The summed E-state index contributed by atoms with van der Waals surface area (Å²) in [4.78, 5) is 1.66. The number of rotatable bonds is 5. The third kappa shape index (κ3) is 6.59. The zero-order valence-electron chi connectivity index (χ0n) is 6.86. The molecule has 0 N–H and O–H groups in total. The highest BCUT2D eigenvalue weighted by atomic mass is 79.9. The van der Waals surface area contributed by atoms with Crippen molar-refractivity contribution in [3.63, 3.8) is 0 Å². The van der Waals surface area contributed by atoms with E-state index in [4.69, 9.17) is 0 Å². The molecule has 3 heteroatoms. The summed E-state index contributed by atoms with van der Waals surface area (Å²) in [6, 6.07) is 0. The summed E-state index contributed by atoms with van der Waals surface area (Å²) < 4.78 is 0. The summed E-state index contributed by atoms with van der Waals surface area (Å²) in [6.45, 7) is 4.32. The van der Waals surface area contributed by atoms with Crippen molar-refractivity contribution >= 4 is 47.8 Å². The molecule has 0 amide bonds. The van der Waals surface area contributed by atoms with E-state index in [0.29, 0.717) is 14.5 Å². The molecule has 11 heavy (non-hydrogen) atoms. The zero-order valence-corrected chi connectivity index (χ0v) is 11.6. The Hall–Kier alpha value is 1.44. The molecule has 3 unspecified atom stereocenters. The van der Waals surface area contributed by atoms with Crippen LogP contribution in [-0.2, 0) is 0 Å². The quantitative estimate of drug-likeness (QED) is 0.649. The van der Waals surface area contributed by atoms with Gasteiger partial charge in [0.1, 0.15) is 0 Å². The minimum atomic E-state index is 0.513. The average molecular weight is 350 g/mol. The molecule has 0 rings (SSSR count). The van der Waals surface area contributed by atoms with E-state index in [2.05, 4.69) is 68.1 Å². The molecule has 0 aromatic carbocycles. The lowest BCUT2D eigenvalue weighted by molar-refractivity contribution is 0.755. The second-order valence-electron chi connectivity index (χ2n) is 2.59. The first-order valence-corrected chi connectivity index (χ1v) is 6.58. The fourth-order valence-electron chi connectivity index (χ4n) is 0.721. The molecule has 0 aromatic heterocycles. The van der Waals surface area contributed by atoms with Crippen LogP contribution < -0.4 is 0 Å². The summed E-state index contributed by atoms with van der Waals surface area (Å²) in [6.07, 6.45) is 4.54. The van der Waals surface area contributed by atoms with E-state index in [1.54, 1.807) is 0 Å². The first-order chi connectivity index (χ1) is 5.07. The second kappa shape index (κ2) is 6.90. The third-order valence-corrected chi connectivity index (χ3v) is 4.85. The van der Waals surface area contributed by atoms with Crippen LogP contribution in [0.2, 0.25) is 0 Å². The molecule has 0 fully saturated rings. The minimum Gasteiger partial charge on any atom is -0.0891 e. The maximum absolute atomic E-state index is 3.63. The van der Waals surface area contributed by atoms with Crippen molar-refractivity contribution in [2.75, 3.05) is 0 Å². The number of halogens is 3. The van der Waals surface area contributed by atoms with Gasteiger partial charge in [-0.05, 0) is 19.3 Å². The predicted molar refractivity (Wildman–Crippen MR) is 63.0 cm³/mol. The Morgan fingerprint density at radius 1 is 1.18 bits per heavy atom. The molecule has 0 aliphatic heterocycles. The number of hydrogen-bond donors (Lipinski definition) is 0. The molecule has 0 aliphatic carbocycles. The molecule has 3 atom stereocenters. The predicted octanol–water partition coefficient (Wildman–Crippen LogP) is 4.30. The van der Waals surface area contributed by atoms with Crippen LogP contribution in [0, 0.1) is 6.42 Å². The van der Waals surface area contributed by atoms with Crippen molar-refractivity contribution in [1.29, 1.82) is 0 Å². The summed E-state index contributed by atoms with van der Waals surface area (Å²) >= 11 is 10.7. The monoisotopic (exact) mass is 347 g/mol. The van der Waals surface area contributed by atoms with Gasteiger partial charge in [0, 0.05) is 14.5 Å². The van der Waals surface area contributed by atoms with Gasteiger partial charge in [0.15, 0.2) is 0 Å². The molecule has 1 radical (unpaired) electrons. The van der Waals surface area contributed by atoms with Gasteiger partial charge in [-0.2, -0.15) is 0 Å². The van der Waals surface area contributed by atoms with E-state index < -0.39 is 0 Å². The lowest BCUT2D eigenvalue weighted by Gasteiger charge is -2.14. The van der Waals surface area contributed by atoms with Gasteiger partial charge < -0.3 is 0 Å². The van der Waals surface area contributed by atoms with E-state index in [-0.39, 0.29) is 0 Å². The Labute approximate surface area is 94.9 Å². The van der Waals surface area contributed by atoms with Crippen molar-refractivity contribution in [2.24, 2.45) is 0 Å². The fourth-order valence-corrected chi connectivity index (χ4v) is 1.74. The van der Waals surface area contributed by atoms with Gasteiger partial charge in [-0.15, -0.1) is 0 Å². The Morgan fingerprint density at radius 2 is 1.73 bits per heavy atom. The van der Waals surface area contributed by atoms with Crippen LogP contribution in [0.4, 0.5) is 0 Å². The fraction of sp³-hybridized carbons (Fsp3) is 0.875. The van der Waals surface area contributed by atoms with Gasteiger partial charge in [0.25, 0.3) is 0 Å². The first kappa shape index (κ1) is 12.4. The maximum Gasteiger partial charge on any atom is 0.0274 e. The largest absolute Gasteiger partial charge is 0.0891 e. The zero-order chi connectivity index (χ0) is 8.85. The first-order valence-electron chi connectivity index (χ1n) is 3.83. The summed E-state index contributed by atoms with van der Waals surface area (Å²) in [5, 5.41) is 0. The molecule has 0 saturated heterocycles. The summed E-state index contributed by atoms with van der Waals surface area (Å²) in [5.74, 6) is 0. The second-order valence-corrected chi connectivity index (χ2v) is 6.39. The van der Waals surface area contributed by atoms with E-state index in [9.17, 15) is 0 Å². The smallest absolute Gasteiger partial charge is 0.0274 e. The van der Waals surface area contributed by atoms with Gasteiger partial charge in [-0.3, -0.25) is 0 Å². The van der Waals surface area contributed by atoms with E-state index in [0.717, 1.165) is 6.42 Å². The van der Waals surface area contributed by atoms with Crippen molar-refractivity contribution < 1.29 is 0 Å². The molecule has 67 valence electrons. The van der Waals surface area contributed by atoms with Crippen LogP contribution >= 0.6 is 47.8 Å². The van der Waals surface area contributed by atoms with Gasteiger partial charge >= 0.3 is 0 Å². The molecule has 0 heterocycles. The molecular formula is C8H14Br3. The summed E-state index contributed by atoms with van der Waals surface area (Å²) in [7, 11) is 0. The Bertz CT molecular complexity index is 93.3. The molecule has 0 aromatic rings. The van der Waals surface area contributed by atoms with Crippen LogP contribution in [0.15, 0.2) is 0 Å². The molecular weight excluding hydrogens is 336 g/mol. The lowest BCUT2D eigenvalue weighted by Crippen LogP contribution is -2.14. The SMILES string of the molecule is CCC(Br)C(Br)C[CH]C(C)Br. The van der Waals surface area contributed by atoms with E-state index in [1.807, 2.05) is 0 Å². The van der Waals surface area contributed by atoms with Crippen LogP contribution in [0.3, 0.4) is 0 Å².